The van der Waals surface area contributed by atoms with Crippen molar-refractivity contribution < 1.29 is 9.90 Å². The van der Waals surface area contributed by atoms with E-state index in [2.05, 4.69) is 0 Å². The van der Waals surface area contributed by atoms with Crippen molar-refractivity contribution in [3.8, 4) is 0 Å². The van der Waals surface area contributed by atoms with Gasteiger partial charge in [0.2, 0.25) is 5.91 Å². The summed E-state index contributed by atoms with van der Waals surface area (Å²) in [5.74, 6) is -0.667. The lowest BCUT2D eigenvalue weighted by molar-refractivity contribution is -0.127. The Kier molecular flexibility index (Phi) is 3.18. The summed E-state index contributed by atoms with van der Waals surface area (Å²) < 4.78 is -0.480. The Labute approximate surface area is 65.0 Å². The highest BCUT2D eigenvalue weighted by atomic mass is 32.2. The maximum absolute atomic E-state index is 10.5. The van der Waals surface area contributed by atoms with E-state index in [4.69, 9.17) is 10.8 Å². The van der Waals surface area contributed by atoms with Crippen LogP contribution < -0.4 is 5.73 Å². The molecule has 0 aromatic heterocycles. The number of nitrogens with two attached hydrogens (primary N) is 1. The average Bonchev–Trinajstić information content (AvgIpc) is 1.86. The Balaban J connectivity index is 4.17. The van der Waals surface area contributed by atoms with Crippen LogP contribution in [0.1, 0.15) is 13.8 Å². The number of aliphatic hydroxyl groups is 1. The first-order chi connectivity index (χ1) is 4.41. The molecule has 0 aromatic rings. The van der Waals surface area contributed by atoms with Crippen LogP contribution in [0, 0.1) is 0 Å². The standard InChI is InChI=1S/C6H13NO2S/c1-6(2,10-3)4(8)5(7)9/h4,8H,1-3H3,(H2,7,9). The van der Waals surface area contributed by atoms with E-state index in [1.165, 1.54) is 11.8 Å². The maximum Gasteiger partial charge on any atom is 0.247 e. The highest BCUT2D eigenvalue weighted by Crippen LogP contribution is 2.24. The van der Waals surface area contributed by atoms with E-state index >= 15 is 0 Å². The third-order valence-electron chi connectivity index (χ3n) is 1.45. The van der Waals surface area contributed by atoms with Crippen LogP contribution in [0.2, 0.25) is 0 Å². The molecule has 4 heteroatoms. The summed E-state index contributed by atoms with van der Waals surface area (Å²) in [6, 6.07) is 0. The zero-order valence-corrected chi connectivity index (χ0v) is 7.23. The normalized spacial score (nSPS) is 14.8. The Morgan fingerprint density at radius 3 is 2.20 bits per heavy atom. The van der Waals surface area contributed by atoms with E-state index in [0.717, 1.165) is 0 Å². The first-order valence-corrected chi connectivity index (χ1v) is 4.17. The first-order valence-electron chi connectivity index (χ1n) is 2.94. The second-order valence-electron chi connectivity index (χ2n) is 2.61. The molecule has 1 amide bonds. The lowest BCUT2D eigenvalue weighted by Crippen LogP contribution is -2.43. The van der Waals surface area contributed by atoms with Crippen molar-refractivity contribution in [1.82, 2.24) is 0 Å². The lowest BCUT2D eigenvalue weighted by Gasteiger charge is -2.25. The topological polar surface area (TPSA) is 63.3 Å². The molecule has 0 aliphatic rings. The fraction of sp³-hybridized carbons (Fsp3) is 0.833. The maximum atomic E-state index is 10.5. The Morgan fingerprint density at radius 1 is 1.70 bits per heavy atom. The molecule has 1 unspecified atom stereocenters. The molecule has 0 saturated heterocycles. The predicted octanol–water partition coefficient (Wildman–Crippen LogP) is -0.0258. The van der Waals surface area contributed by atoms with Gasteiger partial charge in [-0.05, 0) is 20.1 Å². The van der Waals surface area contributed by atoms with Crippen LogP contribution in [-0.2, 0) is 4.79 Å². The molecular weight excluding hydrogens is 150 g/mol. The van der Waals surface area contributed by atoms with Crippen molar-refractivity contribution >= 4 is 17.7 Å². The van der Waals surface area contributed by atoms with Crippen LogP contribution in [0.25, 0.3) is 0 Å². The monoisotopic (exact) mass is 163 g/mol. The molecule has 10 heavy (non-hydrogen) atoms. The molecule has 0 aliphatic carbocycles. The molecule has 60 valence electrons. The molecular formula is C6H13NO2S. The summed E-state index contributed by atoms with van der Waals surface area (Å²) >= 11 is 1.41. The van der Waals surface area contributed by atoms with Gasteiger partial charge in [-0.15, -0.1) is 0 Å². The van der Waals surface area contributed by atoms with Crippen molar-refractivity contribution in [1.29, 1.82) is 0 Å². The molecule has 0 fully saturated rings. The molecule has 3 nitrogen and oxygen atoms in total. The summed E-state index contributed by atoms with van der Waals surface area (Å²) in [5.41, 5.74) is 4.90. The highest BCUT2D eigenvalue weighted by Gasteiger charge is 2.30. The number of hydrogen-bond acceptors (Lipinski definition) is 3. The lowest BCUT2D eigenvalue weighted by atomic mass is 10.1. The SMILES string of the molecule is CSC(C)(C)C(O)C(N)=O. The van der Waals surface area contributed by atoms with Crippen molar-refractivity contribution in [2.75, 3.05) is 6.26 Å². The molecule has 0 bridgehead atoms. The zero-order chi connectivity index (χ0) is 8.36. The average molecular weight is 163 g/mol. The van der Waals surface area contributed by atoms with Crippen LogP contribution in [-0.4, -0.2) is 28.1 Å². The van der Waals surface area contributed by atoms with Gasteiger partial charge in [0.05, 0.1) is 0 Å². The number of primary amides is 1. The van der Waals surface area contributed by atoms with Crippen molar-refractivity contribution in [2.45, 2.75) is 24.7 Å². The summed E-state index contributed by atoms with van der Waals surface area (Å²) in [6.07, 6.45) is 0.758. The molecule has 0 aliphatic heterocycles. The van der Waals surface area contributed by atoms with Gasteiger partial charge in [0, 0.05) is 4.75 Å². The molecule has 0 rings (SSSR count). The predicted molar refractivity (Wildman–Crippen MR) is 42.8 cm³/mol. The van der Waals surface area contributed by atoms with Crippen LogP contribution in [0.3, 0.4) is 0 Å². The van der Waals surface area contributed by atoms with E-state index in [9.17, 15) is 4.79 Å². The van der Waals surface area contributed by atoms with E-state index in [-0.39, 0.29) is 0 Å². The highest BCUT2D eigenvalue weighted by molar-refractivity contribution is 8.00. The minimum atomic E-state index is -1.07. The summed E-state index contributed by atoms with van der Waals surface area (Å²) in [6.45, 7) is 3.54. The van der Waals surface area contributed by atoms with Gasteiger partial charge < -0.3 is 10.8 Å². The molecule has 0 spiro atoms. The number of rotatable bonds is 3. The minimum absolute atomic E-state index is 0.480. The Morgan fingerprint density at radius 2 is 2.10 bits per heavy atom. The fourth-order valence-corrected chi connectivity index (χ4v) is 0.794. The molecule has 0 saturated carbocycles. The number of carbonyl (C=O) groups excluding carboxylic acids is 1. The van der Waals surface area contributed by atoms with Gasteiger partial charge in [0.25, 0.3) is 0 Å². The summed E-state index contributed by atoms with van der Waals surface area (Å²) in [5, 5.41) is 9.16. The number of carbonyl (C=O) groups is 1. The molecule has 0 aromatic carbocycles. The van der Waals surface area contributed by atoms with E-state index in [1.807, 2.05) is 6.26 Å². The summed E-state index contributed by atoms with van der Waals surface area (Å²) in [7, 11) is 0. The van der Waals surface area contributed by atoms with Crippen molar-refractivity contribution in [2.24, 2.45) is 5.73 Å². The number of aliphatic hydroxyl groups excluding tert-OH is 1. The van der Waals surface area contributed by atoms with Crippen LogP contribution in [0.4, 0.5) is 0 Å². The van der Waals surface area contributed by atoms with E-state index in [1.54, 1.807) is 13.8 Å². The van der Waals surface area contributed by atoms with Gasteiger partial charge in [-0.3, -0.25) is 4.79 Å². The van der Waals surface area contributed by atoms with Gasteiger partial charge in [-0.25, -0.2) is 0 Å². The molecule has 3 N–H and O–H groups in total. The van der Waals surface area contributed by atoms with Gasteiger partial charge in [-0.2, -0.15) is 11.8 Å². The van der Waals surface area contributed by atoms with E-state index < -0.39 is 16.8 Å². The van der Waals surface area contributed by atoms with Crippen molar-refractivity contribution in [3.63, 3.8) is 0 Å². The van der Waals surface area contributed by atoms with E-state index in [0.29, 0.717) is 0 Å². The quantitative estimate of drug-likeness (QED) is 0.614. The number of thioether (sulfide) groups is 1. The Bertz CT molecular complexity index is 136. The minimum Gasteiger partial charge on any atom is -0.382 e. The molecule has 1 atom stereocenters. The number of amides is 1. The molecule has 0 heterocycles. The third-order valence-corrected chi connectivity index (χ3v) is 2.73. The third kappa shape index (κ3) is 2.19. The van der Waals surface area contributed by atoms with Gasteiger partial charge in [0.1, 0.15) is 6.10 Å². The smallest absolute Gasteiger partial charge is 0.247 e. The summed E-state index contributed by atoms with van der Waals surface area (Å²) in [4.78, 5) is 10.5. The van der Waals surface area contributed by atoms with Crippen molar-refractivity contribution in [3.05, 3.63) is 0 Å². The second kappa shape index (κ2) is 3.25. The van der Waals surface area contributed by atoms with Gasteiger partial charge in [0.15, 0.2) is 0 Å². The number of hydrogen-bond donors (Lipinski definition) is 2. The zero-order valence-electron chi connectivity index (χ0n) is 6.42. The van der Waals surface area contributed by atoms with Crippen LogP contribution in [0.5, 0.6) is 0 Å². The Hall–Kier alpha value is -0.220. The first kappa shape index (κ1) is 9.78. The second-order valence-corrected chi connectivity index (χ2v) is 4.07. The van der Waals surface area contributed by atoms with Gasteiger partial charge >= 0.3 is 0 Å². The fourth-order valence-electron chi connectivity index (χ4n) is 0.454. The van der Waals surface area contributed by atoms with Crippen LogP contribution >= 0.6 is 11.8 Å². The van der Waals surface area contributed by atoms with Gasteiger partial charge in [-0.1, -0.05) is 0 Å². The molecule has 0 radical (unpaired) electrons. The van der Waals surface area contributed by atoms with Crippen LogP contribution in [0.15, 0.2) is 0 Å². The largest absolute Gasteiger partial charge is 0.382 e.